The molecule has 0 aliphatic carbocycles. The van der Waals surface area contributed by atoms with E-state index in [9.17, 15) is 14.0 Å². The summed E-state index contributed by atoms with van der Waals surface area (Å²) in [5, 5.41) is 8.50. The highest BCUT2D eigenvalue weighted by Gasteiger charge is 2.23. The van der Waals surface area contributed by atoms with E-state index >= 15 is 0 Å². The van der Waals surface area contributed by atoms with Crippen molar-refractivity contribution in [3.05, 3.63) is 35.6 Å². The molecular formula is C15H16FN3O2. The predicted molar refractivity (Wildman–Crippen MR) is 73.5 cm³/mol. The Bertz CT molecular complexity index is 557. The molecule has 0 spiro atoms. The van der Waals surface area contributed by atoms with Gasteiger partial charge in [-0.3, -0.25) is 9.59 Å². The quantitative estimate of drug-likeness (QED) is 0.832. The van der Waals surface area contributed by atoms with Crippen molar-refractivity contribution in [2.45, 2.75) is 12.8 Å². The number of rotatable bonds is 3. The molecule has 0 aromatic heterocycles. The van der Waals surface area contributed by atoms with Crippen molar-refractivity contribution in [3.63, 3.8) is 0 Å². The second kappa shape index (κ2) is 6.84. The molecule has 1 aliphatic heterocycles. The van der Waals surface area contributed by atoms with Gasteiger partial charge in [-0.15, -0.1) is 0 Å². The lowest BCUT2D eigenvalue weighted by Crippen LogP contribution is -2.50. The van der Waals surface area contributed by atoms with E-state index in [1.165, 1.54) is 12.1 Å². The fraction of sp³-hybridized carbons (Fsp3) is 0.400. The number of piperazine rings is 1. The molecule has 0 saturated carbocycles. The van der Waals surface area contributed by atoms with E-state index in [4.69, 9.17) is 5.26 Å². The zero-order valence-electron chi connectivity index (χ0n) is 11.6. The van der Waals surface area contributed by atoms with Crippen LogP contribution in [0.1, 0.15) is 12.0 Å². The molecule has 1 saturated heterocycles. The minimum Gasteiger partial charge on any atom is -0.339 e. The molecule has 1 aromatic rings. The molecule has 6 heteroatoms. The summed E-state index contributed by atoms with van der Waals surface area (Å²) in [6, 6.07) is 7.70. The number of nitrogens with zero attached hydrogens (tertiary/aromatic N) is 3. The molecule has 21 heavy (non-hydrogen) atoms. The number of benzene rings is 1. The Morgan fingerprint density at radius 2 is 1.57 bits per heavy atom. The monoisotopic (exact) mass is 289 g/mol. The van der Waals surface area contributed by atoms with Gasteiger partial charge < -0.3 is 9.80 Å². The van der Waals surface area contributed by atoms with Gasteiger partial charge in [0.05, 0.1) is 12.5 Å². The van der Waals surface area contributed by atoms with Gasteiger partial charge >= 0.3 is 0 Å². The Labute approximate surface area is 122 Å². The van der Waals surface area contributed by atoms with Crippen molar-refractivity contribution >= 4 is 11.8 Å². The molecule has 2 rings (SSSR count). The van der Waals surface area contributed by atoms with E-state index in [1.807, 2.05) is 6.07 Å². The number of hydrogen-bond acceptors (Lipinski definition) is 3. The summed E-state index contributed by atoms with van der Waals surface area (Å²) < 4.78 is 12.8. The molecule has 0 unspecified atom stereocenters. The van der Waals surface area contributed by atoms with Crippen molar-refractivity contribution < 1.29 is 14.0 Å². The van der Waals surface area contributed by atoms with Gasteiger partial charge in [0, 0.05) is 26.2 Å². The molecule has 5 nitrogen and oxygen atoms in total. The zero-order chi connectivity index (χ0) is 15.2. The molecule has 0 N–H and O–H groups in total. The van der Waals surface area contributed by atoms with E-state index in [-0.39, 0.29) is 30.5 Å². The van der Waals surface area contributed by atoms with Crippen molar-refractivity contribution in [2.75, 3.05) is 26.2 Å². The van der Waals surface area contributed by atoms with Crippen LogP contribution in [0.25, 0.3) is 0 Å². The van der Waals surface area contributed by atoms with E-state index < -0.39 is 0 Å². The average Bonchev–Trinajstić information content (AvgIpc) is 2.50. The highest BCUT2D eigenvalue weighted by Crippen LogP contribution is 2.09. The van der Waals surface area contributed by atoms with Gasteiger partial charge in [-0.2, -0.15) is 5.26 Å². The van der Waals surface area contributed by atoms with E-state index in [0.717, 1.165) is 5.56 Å². The molecule has 2 amide bonds. The summed E-state index contributed by atoms with van der Waals surface area (Å²) in [6.07, 6.45) is 0.107. The van der Waals surface area contributed by atoms with E-state index in [1.54, 1.807) is 21.9 Å². The van der Waals surface area contributed by atoms with Crippen molar-refractivity contribution in [1.82, 2.24) is 9.80 Å². The van der Waals surface area contributed by atoms with Gasteiger partial charge in [0.25, 0.3) is 0 Å². The van der Waals surface area contributed by atoms with E-state index in [2.05, 4.69) is 0 Å². The normalized spacial score (nSPS) is 14.7. The van der Waals surface area contributed by atoms with Crippen LogP contribution in [-0.4, -0.2) is 47.8 Å². The number of carbonyl (C=O) groups is 2. The van der Waals surface area contributed by atoms with Crippen LogP contribution in [0.4, 0.5) is 4.39 Å². The molecule has 1 fully saturated rings. The summed E-state index contributed by atoms with van der Waals surface area (Å²) in [7, 11) is 0. The molecule has 1 aromatic carbocycles. The Kier molecular flexibility index (Phi) is 4.88. The maximum Gasteiger partial charge on any atom is 0.236 e. The van der Waals surface area contributed by atoms with Crippen LogP contribution in [0.5, 0.6) is 0 Å². The molecular weight excluding hydrogens is 273 g/mol. The maximum absolute atomic E-state index is 12.8. The van der Waals surface area contributed by atoms with Crippen molar-refractivity contribution in [3.8, 4) is 6.07 Å². The summed E-state index contributed by atoms with van der Waals surface area (Å²) in [5.41, 5.74) is 0.768. The lowest BCUT2D eigenvalue weighted by Gasteiger charge is -2.34. The molecule has 0 radical (unpaired) electrons. The van der Waals surface area contributed by atoms with E-state index in [0.29, 0.717) is 26.2 Å². The number of nitriles is 1. The lowest BCUT2D eigenvalue weighted by molar-refractivity contribution is -0.138. The third kappa shape index (κ3) is 4.02. The third-order valence-electron chi connectivity index (χ3n) is 3.48. The summed E-state index contributed by atoms with van der Waals surface area (Å²) >= 11 is 0. The van der Waals surface area contributed by atoms with Crippen LogP contribution in [0.15, 0.2) is 24.3 Å². The minimum absolute atomic E-state index is 0.0333. The zero-order valence-corrected chi connectivity index (χ0v) is 11.6. The van der Waals surface area contributed by atoms with Crippen LogP contribution < -0.4 is 0 Å². The van der Waals surface area contributed by atoms with Gasteiger partial charge in [-0.25, -0.2) is 4.39 Å². The van der Waals surface area contributed by atoms with Gasteiger partial charge in [0.15, 0.2) is 0 Å². The van der Waals surface area contributed by atoms with Crippen molar-refractivity contribution in [1.29, 1.82) is 5.26 Å². The molecule has 110 valence electrons. The van der Waals surface area contributed by atoms with Gasteiger partial charge in [0.1, 0.15) is 12.2 Å². The topological polar surface area (TPSA) is 64.4 Å². The van der Waals surface area contributed by atoms with Crippen LogP contribution in [0, 0.1) is 17.1 Å². The highest BCUT2D eigenvalue weighted by molar-refractivity contribution is 5.80. The summed E-state index contributed by atoms with van der Waals surface area (Å²) in [6.45, 7) is 1.85. The maximum atomic E-state index is 12.8. The summed E-state index contributed by atoms with van der Waals surface area (Å²) in [4.78, 5) is 27.0. The fourth-order valence-corrected chi connectivity index (χ4v) is 2.27. The lowest BCUT2D eigenvalue weighted by atomic mass is 10.1. The number of halogens is 1. The molecule has 0 atom stereocenters. The second-order valence-corrected chi connectivity index (χ2v) is 4.90. The SMILES string of the molecule is N#CCC(=O)N1CCN(C(=O)Cc2ccc(F)cc2)CC1. The first-order valence-electron chi connectivity index (χ1n) is 6.77. The first kappa shape index (κ1) is 15.0. The smallest absolute Gasteiger partial charge is 0.236 e. The van der Waals surface area contributed by atoms with Crippen molar-refractivity contribution in [2.24, 2.45) is 0 Å². The van der Waals surface area contributed by atoms with Crippen LogP contribution in [0.3, 0.4) is 0 Å². The van der Waals surface area contributed by atoms with Gasteiger partial charge in [0.2, 0.25) is 11.8 Å². The van der Waals surface area contributed by atoms with Crippen LogP contribution >= 0.6 is 0 Å². The summed E-state index contributed by atoms with van der Waals surface area (Å²) in [5.74, 6) is -0.548. The van der Waals surface area contributed by atoms with Crippen LogP contribution in [0.2, 0.25) is 0 Å². The molecule has 0 bridgehead atoms. The van der Waals surface area contributed by atoms with Gasteiger partial charge in [-0.1, -0.05) is 12.1 Å². The number of hydrogen-bond donors (Lipinski definition) is 0. The van der Waals surface area contributed by atoms with Crippen LogP contribution in [-0.2, 0) is 16.0 Å². The minimum atomic E-state index is -0.323. The number of amides is 2. The Balaban J connectivity index is 1.84. The van der Waals surface area contributed by atoms with Gasteiger partial charge in [-0.05, 0) is 17.7 Å². The molecule has 1 aliphatic rings. The first-order chi connectivity index (χ1) is 10.1. The average molecular weight is 289 g/mol. The Morgan fingerprint density at radius 3 is 2.10 bits per heavy atom. The fourth-order valence-electron chi connectivity index (χ4n) is 2.27. The number of carbonyl (C=O) groups excluding carboxylic acids is 2. The highest BCUT2D eigenvalue weighted by atomic mass is 19.1. The third-order valence-corrected chi connectivity index (χ3v) is 3.48. The first-order valence-corrected chi connectivity index (χ1v) is 6.77. The Morgan fingerprint density at radius 1 is 1.05 bits per heavy atom. The Hall–Kier alpha value is -2.42. The standard InChI is InChI=1S/C15H16FN3O2/c16-13-3-1-12(2-4-13)11-15(21)19-9-7-18(8-10-19)14(20)5-6-17/h1-4H,5,7-11H2. The second-order valence-electron chi connectivity index (χ2n) is 4.90. The largest absolute Gasteiger partial charge is 0.339 e. The molecule has 1 heterocycles. The predicted octanol–water partition coefficient (Wildman–Crippen LogP) is 0.953.